The number of benzene rings is 2. The van der Waals surface area contributed by atoms with Crippen molar-refractivity contribution in [2.75, 3.05) is 6.54 Å². The molecule has 1 atom stereocenters. The molecule has 1 unspecified atom stereocenters. The summed E-state index contributed by atoms with van der Waals surface area (Å²) in [4.78, 5) is 14.8. The molecule has 23 heavy (non-hydrogen) atoms. The highest BCUT2D eigenvalue weighted by atomic mass is 16.2. The molecule has 3 nitrogen and oxygen atoms in total. The summed E-state index contributed by atoms with van der Waals surface area (Å²) >= 11 is 0. The van der Waals surface area contributed by atoms with Crippen LogP contribution in [0.4, 0.5) is 0 Å². The Morgan fingerprint density at radius 2 is 1.74 bits per heavy atom. The van der Waals surface area contributed by atoms with Gasteiger partial charge in [0.05, 0.1) is 0 Å². The van der Waals surface area contributed by atoms with Crippen LogP contribution in [0.3, 0.4) is 0 Å². The van der Waals surface area contributed by atoms with E-state index in [4.69, 9.17) is 5.73 Å². The fourth-order valence-electron chi connectivity index (χ4n) is 3.26. The van der Waals surface area contributed by atoms with Crippen molar-refractivity contribution in [1.29, 1.82) is 0 Å². The second-order valence-electron chi connectivity index (χ2n) is 6.39. The van der Waals surface area contributed by atoms with Crippen LogP contribution < -0.4 is 5.73 Å². The van der Waals surface area contributed by atoms with Crippen LogP contribution in [-0.4, -0.2) is 23.4 Å². The second-order valence-corrected chi connectivity index (χ2v) is 6.39. The second kappa shape index (κ2) is 6.97. The van der Waals surface area contributed by atoms with E-state index < -0.39 is 0 Å². The molecule has 1 aliphatic heterocycles. The van der Waals surface area contributed by atoms with Gasteiger partial charge in [-0.2, -0.15) is 0 Å². The number of carbonyl (C=O) groups is 1. The number of hydrogen-bond acceptors (Lipinski definition) is 2. The highest BCUT2D eigenvalue weighted by Gasteiger charge is 2.29. The quantitative estimate of drug-likeness (QED) is 0.942. The molecule has 120 valence electrons. The zero-order valence-corrected chi connectivity index (χ0v) is 13.7. The summed E-state index contributed by atoms with van der Waals surface area (Å²) in [5.74, 6) is 0.142. The first-order valence-electron chi connectivity index (χ1n) is 8.33. The molecule has 1 saturated heterocycles. The predicted molar refractivity (Wildman–Crippen MR) is 93.3 cm³/mol. The van der Waals surface area contributed by atoms with Gasteiger partial charge in [-0.05, 0) is 49.4 Å². The van der Waals surface area contributed by atoms with Gasteiger partial charge in [0.25, 0.3) is 5.91 Å². The topological polar surface area (TPSA) is 46.3 Å². The maximum absolute atomic E-state index is 12.8. The third kappa shape index (κ3) is 3.62. The molecule has 1 amide bonds. The normalized spacial score (nSPS) is 17.5. The van der Waals surface area contributed by atoms with Gasteiger partial charge < -0.3 is 10.6 Å². The Balaban J connectivity index is 1.72. The largest absolute Gasteiger partial charge is 0.335 e. The monoisotopic (exact) mass is 308 g/mol. The molecule has 2 aromatic rings. The maximum Gasteiger partial charge on any atom is 0.254 e. The van der Waals surface area contributed by atoms with Gasteiger partial charge in [0.2, 0.25) is 0 Å². The Kier molecular flexibility index (Phi) is 4.77. The minimum absolute atomic E-state index is 0.142. The molecule has 0 saturated carbocycles. The molecule has 1 fully saturated rings. The van der Waals surface area contributed by atoms with Crippen LogP contribution >= 0.6 is 0 Å². The van der Waals surface area contributed by atoms with E-state index in [-0.39, 0.29) is 5.91 Å². The lowest BCUT2D eigenvalue weighted by molar-refractivity contribution is 0.0736. The fourth-order valence-corrected chi connectivity index (χ4v) is 3.26. The number of aryl methyl sites for hydroxylation is 1. The summed E-state index contributed by atoms with van der Waals surface area (Å²) in [6.45, 7) is 3.46. The van der Waals surface area contributed by atoms with E-state index >= 15 is 0 Å². The third-order valence-corrected chi connectivity index (χ3v) is 4.67. The first-order valence-corrected chi connectivity index (χ1v) is 8.33. The van der Waals surface area contributed by atoms with Crippen molar-refractivity contribution in [3.63, 3.8) is 0 Å². The molecule has 1 aliphatic rings. The van der Waals surface area contributed by atoms with Crippen molar-refractivity contribution < 1.29 is 4.79 Å². The molecule has 0 bridgehead atoms. The summed E-state index contributed by atoms with van der Waals surface area (Å²) in [6.07, 6.45) is 3.11. The van der Waals surface area contributed by atoms with Crippen molar-refractivity contribution >= 4 is 5.91 Å². The third-order valence-electron chi connectivity index (χ3n) is 4.67. The Morgan fingerprint density at radius 1 is 1.09 bits per heavy atom. The van der Waals surface area contributed by atoms with Gasteiger partial charge in [-0.3, -0.25) is 4.79 Å². The van der Waals surface area contributed by atoms with Gasteiger partial charge in [-0.15, -0.1) is 0 Å². The van der Waals surface area contributed by atoms with Crippen LogP contribution in [0, 0.1) is 6.92 Å². The Bertz CT molecular complexity index is 661. The lowest BCUT2D eigenvalue weighted by Gasteiger charge is -2.25. The molecule has 1 heterocycles. The van der Waals surface area contributed by atoms with Gasteiger partial charge in [-0.1, -0.05) is 42.0 Å². The number of likely N-dealkylation sites (tertiary alicyclic amines) is 1. The average molecular weight is 308 g/mol. The summed E-state index contributed by atoms with van der Waals surface area (Å²) in [6, 6.07) is 16.6. The average Bonchev–Trinajstić information content (AvgIpc) is 3.04. The van der Waals surface area contributed by atoms with E-state index in [0.717, 1.165) is 36.9 Å². The van der Waals surface area contributed by atoms with Crippen LogP contribution in [0.2, 0.25) is 0 Å². The van der Waals surface area contributed by atoms with Crippen molar-refractivity contribution in [3.05, 3.63) is 70.8 Å². The molecule has 0 aliphatic carbocycles. The van der Waals surface area contributed by atoms with Gasteiger partial charge in [0.1, 0.15) is 0 Å². The summed E-state index contributed by atoms with van der Waals surface area (Å²) in [5, 5.41) is 0. The molecule has 0 spiro atoms. The van der Waals surface area contributed by atoms with E-state index in [2.05, 4.69) is 31.2 Å². The number of nitrogens with two attached hydrogens (primary N) is 1. The van der Waals surface area contributed by atoms with Gasteiger partial charge in [0.15, 0.2) is 0 Å². The molecule has 3 rings (SSSR count). The fraction of sp³-hybridized carbons (Fsp3) is 0.350. The summed E-state index contributed by atoms with van der Waals surface area (Å²) in [5.41, 5.74) is 10.0. The molecule has 2 aromatic carbocycles. The first-order chi connectivity index (χ1) is 11.2. The van der Waals surface area contributed by atoms with Crippen molar-refractivity contribution in [2.45, 2.75) is 38.8 Å². The van der Waals surface area contributed by atoms with Crippen molar-refractivity contribution in [1.82, 2.24) is 4.90 Å². The van der Waals surface area contributed by atoms with Crippen LogP contribution in [0.1, 0.15) is 39.9 Å². The van der Waals surface area contributed by atoms with Gasteiger partial charge in [0, 0.05) is 24.7 Å². The van der Waals surface area contributed by atoms with E-state index in [9.17, 15) is 4.79 Å². The van der Waals surface area contributed by atoms with Crippen LogP contribution in [-0.2, 0) is 13.0 Å². The van der Waals surface area contributed by atoms with E-state index in [1.165, 1.54) is 11.1 Å². The lowest BCUT2D eigenvalue weighted by atomic mass is 10.0. The van der Waals surface area contributed by atoms with Gasteiger partial charge >= 0.3 is 0 Å². The molecular weight excluding hydrogens is 284 g/mol. The zero-order valence-electron chi connectivity index (χ0n) is 13.7. The summed E-state index contributed by atoms with van der Waals surface area (Å²) in [7, 11) is 0. The number of carbonyl (C=O) groups excluding carboxylic acids is 1. The smallest absolute Gasteiger partial charge is 0.254 e. The van der Waals surface area contributed by atoms with Crippen molar-refractivity contribution in [3.8, 4) is 0 Å². The molecule has 3 heteroatoms. The molecule has 2 N–H and O–H groups in total. The summed E-state index contributed by atoms with van der Waals surface area (Å²) < 4.78 is 0. The standard InChI is InChI=1S/C20H24N2O/c1-15-4-6-16(7-5-15)13-19-3-2-12-22(19)20(23)18-10-8-17(14-21)9-11-18/h4-11,19H,2-3,12-14,21H2,1H3. The number of hydrogen-bond donors (Lipinski definition) is 1. The van der Waals surface area contributed by atoms with Crippen molar-refractivity contribution in [2.24, 2.45) is 5.73 Å². The van der Waals surface area contributed by atoms with E-state index in [0.29, 0.717) is 12.6 Å². The highest BCUT2D eigenvalue weighted by molar-refractivity contribution is 5.94. The SMILES string of the molecule is Cc1ccc(CC2CCCN2C(=O)c2ccc(CN)cc2)cc1. The minimum atomic E-state index is 0.142. The molecule has 0 aromatic heterocycles. The Morgan fingerprint density at radius 3 is 2.39 bits per heavy atom. The van der Waals surface area contributed by atoms with Crippen LogP contribution in [0.5, 0.6) is 0 Å². The zero-order chi connectivity index (χ0) is 16.2. The predicted octanol–water partition coefficient (Wildman–Crippen LogP) is 3.30. The number of rotatable bonds is 4. The highest BCUT2D eigenvalue weighted by Crippen LogP contribution is 2.23. The Labute approximate surface area is 138 Å². The minimum Gasteiger partial charge on any atom is -0.335 e. The number of nitrogens with zero attached hydrogens (tertiary/aromatic N) is 1. The number of amides is 1. The first kappa shape index (κ1) is 15.8. The van der Waals surface area contributed by atoms with Crippen LogP contribution in [0.15, 0.2) is 48.5 Å². The van der Waals surface area contributed by atoms with Gasteiger partial charge in [-0.25, -0.2) is 0 Å². The molecule has 0 radical (unpaired) electrons. The molecular formula is C20H24N2O. The Hall–Kier alpha value is -2.13. The van der Waals surface area contributed by atoms with Crippen LogP contribution in [0.25, 0.3) is 0 Å². The van der Waals surface area contributed by atoms with E-state index in [1.807, 2.05) is 29.2 Å². The lowest BCUT2D eigenvalue weighted by Crippen LogP contribution is -2.36. The maximum atomic E-state index is 12.8. The van der Waals surface area contributed by atoms with E-state index in [1.54, 1.807) is 0 Å².